The molecule has 2 rings (SSSR count). The third kappa shape index (κ3) is 2.15. The Morgan fingerprint density at radius 3 is 2.47 bits per heavy atom. The molecule has 0 atom stereocenters. The van der Waals surface area contributed by atoms with Crippen molar-refractivity contribution in [2.45, 2.75) is 13.8 Å². The van der Waals surface area contributed by atoms with E-state index in [1.165, 1.54) is 16.7 Å². The van der Waals surface area contributed by atoms with Gasteiger partial charge in [-0.3, -0.25) is 0 Å². The minimum Gasteiger partial charge on any atom is -0.345 e. The van der Waals surface area contributed by atoms with Crippen LogP contribution in [0, 0.1) is 13.8 Å². The van der Waals surface area contributed by atoms with E-state index in [1.54, 1.807) is 6.20 Å². The second kappa shape index (κ2) is 4.13. The van der Waals surface area contributed by atoms with E-state index < -0.39 is 0 Å². The molecule has 15 heavy (non-hydrogen) atoms. The molecule has 0 fully saturated rings. The molecule has 0 aliphatic carbocycles. The van der Waals surface area contributed by atoms with Crippen LogP contribution in [0.25, 0.3) is 12.2 Å². The molecule has 0 aliphatic heterocycles. The molecule has 76 valence electrons. The summed E-state index contributed by atoms with van der Waals surface area (Å²) < 4.78 is 0. The first-order valence-corrected chi connectivity index (χ1v) is 5.01. The molecule has 1 aromatic carbocycles. The fraction of sp³-hybridized carbons (Fsp3) is 0.154. The van der Waals surface area contributed by atoms with Crippen molar-refractivity contribution in [3.63, 3.8) is 0 Å². The molecule has 0 bridgehead atoms. The third-order valence-corrected chi connectivity index (χ3v) is 2.47. The average Bonchev–Trinajstić information content (AvgIpc) is 2.70. The first-order valence-electron chi connectivity index (χ1n) is 5.01. The van der Waals surface area contributed by atoms with Gasteiger partial charge in [0, 0.05) is 12.4 Å². The number of aromatic nitrogens is 2. The van der Waals surface area contributed by atoms with Gasteiger partial charge in [0.15, 0.2) is 0 Å². The third-order valence-electron chi connectivity index (χ3n) is 2.47. The quantitative estimate of drug-likeness (QED) is 0.788. The van der Waals surface area contributed by atoms with E-state index in [2.05, 4.69) is 48.1 Å². The maximum Gasteiger partial charge on any atom is 0.129 e. The number of aromatic amines is 1. The number of hydrogen-bond donors (Lipinski definition) is 1. The SMILES string of the molecule is Cc1cccc(C)c1C=Cc1ncc[nH]1. The van der Waals surface area contributed by atoms with Crippen molar-refractivity contribution in [1.29, 1.82) is 0 Å². The minimum absolute atomic E-state index is 0.887. The van der Waals surface area contributed by atoms with Crippen molar-refractivity contribution >= 4 is 12.2 Å². The van der Waals surface area contributed by atoms with Crippen LogP contribution in [0.5, 0.6) is 0 Å². The van der Waals surface area contributed by atoms with Crippen LogP contribution in [0.2, 0.25) is 0 Å². The standard InChI is InChI=1S/C13H14N2/c1-10-4-3-5-11(2)12(10)6-7-13-14-8-9-15-13/h3-9H,1-2H3,(H,14,15). The highest BCUT2D eigenvalue weighted by Gasteiger charge is 1.97. The molecular formula is C13H14N2. The van der Waals surface area contributed by atoms with Crippen LogP contribution in [0.15, 0.2) is 30.6 Å². The van der Waals surface area contributed by atoms with Crippen molar-refractivity contribution in [3.8, 4) is 0 Å². The number of imidazole rings is 1. The molecule has 0 saturated heterocycles. The zero-order chi connectivity index (χ0) is 10.7. The van der Waals surface area contributed by atoms with Gasteiger partial charge in [0.2, 0.25) is 0 Å². The van der Waals surface area contributed by atoms with E-state index in [-0.39, 0.29) is 0 Å². The highest BCUT2D eigenvalue weighted by Crippen LogP contribution is 2.15. The van der Waals surface area contributed by atoms with Gasteiger partial charge in [0.1, 0.15) is 5.82 Å². The first kappa shape index (κ1) is 9.71. The average molecular weight is 198 g/mol. The van der Waals surface area contributed by atoms with E-state index in [9.17, 15) is 0 Å². The number of H-pyrrole nitrogens is 1. The van der Waals surface area contributed by atoms with Crippen molar-refractivity contribution in [3.05, 3.63) is 53.1 Å². The molecule has 2 nitrogen and oxygen atoms in total. The summed E-state index contributed by atoms with van der Waals surface area (Å²) in [6.45, 7) is 4.24. The van der Waals surface area contributed by atoms with Gasteiger partial charge in [-0.1, -0.05) is 24.3 Å². The molecule has 0 saturated carbocycles. The van der Waals surface area contributed by atoms with Gasteiger partial charge < -0.3 is 4.98 Å². The van der Waals surface area contributed by atoms with Gasteiger partial charge in [-0.25, -0.2) is 4.98 Å². The zero-order valence-corrected chi connectivity index (χ0v) is 8.99. The Hall–Kier alpha value is -1.83. The number of hydrogen-bond acceptors (Lipinski definition) is 1. The van der Waals surface area contributed by atoms with E-state index in [0.717, 1.165) is 5.82 Å². The van der Waals surface area contributed by atoms with Gasteiger partial charge in [-0.05, 0) is 36.6 Å². The lowest BCUT2D eigenvalue weighted by atomic mass is 10.0. The summed E-state index contributed by atoms with van der Waals surface area (Å²) in [6.07, 6.45) is 7.67. The fourth-order valence-electron chi connectivity index (χ4n) is 1.62. The number of nitrogens with one attached hydrogen (secondary N) is 1. The smallest absolute Gasteiger partial charge is 0.129 e. The Balaban J connectivity index is 2.32. The largest absolute Gasteiger partial charge is 0.345 e. The maximum absolute atomic E-state index is 4.15. The topological polar surface area (TPSA) is 28.7 Å². The fourth-order valence-corrected chi connectivity index (χ4v) is 1.62. The molecule has 1 heterocycles. The predicted molar refractivity (Wildman–Crippen MR) is 63.4 cm³/mol. The molecule has 2 heteroatoms. The lowest BCUT2D eigenvalue weighted by Gasteiger charge is -2.03. The maximum atomic E-state index is 4.15. The molecular weight excluding hydrogens is 184 g/mol. The zero-order valence-electron chi connectivity index (χ0n) is 8.99. The molecule has 1 aromatic heterocycles. The van der Waals surface area contributed by atoms with Crippen LogP contribution >= 0.6 is 0 Å². The number of aryl methyl sites for hydroxylation is 2. The molecule has 0 radical (unpaired) electrons. The Morgan fingerprint density at radius 1 is 1.13 bits per heavy atom. The van der Waals surface area contributed by atoms with Crippen LogP contribution in [0.3, 0.4) is 0 Å². The molecule has 1 N–H and O–H groups in total. The number of benzene rings is 1. The molecule has 0 unspecified atom stereocenters. The van der Waals surface area contributed by atoms with Crippen LogP contribution in [-0.2, 0) is 0 Å². The second-order valence-electron chi connectivity index (χ2n) is 3.61. The van der Waals surface area contributed by atoms with Gasteiger partial charge in [0.25, 0.3) is 0 Å². The Kier molecular flexibility index (Phi) is 2.68. The van der Waals surface area contributed by atoms with Crippen molar-refractivity contribution < 1.29 is 0 Å². The summed E-state index contributed by atoms with van der Waals surface area (Å²) in [5.74, 6) is 0.887. The highest BCUT2D eigenvalue weighted by molar-refractivity contribution is 5.70. The van der Waals surface area contributed by atoms with E-state index >= 15 is 0 Å². The van der Waals surface area contributed by atoms with Gasteiger partial charge in [0.05, 0.1) is 0 Å². The van der Waals surface area contributed by atoms with Gasteiger partial charge in [-0.15, -0.1) is 0 Å². The Bertz CT molecular complexity index is 447. The van der Waals surface area contributed by atoms with Crippen molar-refractivity contribution in [2.75, 3.05) is 0 Å². The summed E-state index contributed by atoms with van der Waals surface area (Å²) in [4.78, 5) is 7.20. The summed E-state index contributed by atoms with van der Waals surface area (Å²) in [5, 5.41) is 0. The monoisotopic (exact) mass is 198 g/mol. The van der Waals surface area contributed by atoms with Crippen molar-refractivity contribution in [2.24, 2.45) is 0 Å². The van der Waals surface area contributed by atoms with E-state index in [0.29, 0.717) is 0 Å². The van der Waals surface area contributed by atoms with Crippen LogP contribution in [-0.4, -0.2) is 9.97 Å². The Labute approximate surface area is 89.7 Å². The second-order valence-corrected chi connectivity index (χ2v) is 3.61. The summed E-state index contributed by atoms with van der Waals surface area (Å²) >= 11 is 0. The lowest BCUT2D eigenvalue weighted by molar-refractivity contribution is 1.27. The summed E-state index contributed by atoms with van der Waals surface area (Å²) in [6, 6.07) is 6.32. The number of nitrogens with zero attached hydrogens (tertiary/aromatic N) is 1. The molecule has 0 aliphatic rings. The highest BCUT2D eigenvalue weighted by atomic mass is 14.9. The summed E-state index contributed by atoms with van der Waals surface area (Å²) in [5.41, 5.74) is 3.85. The molecule has 2 aromatic rings. The number of rotatable bonds is 2. The predicted octanol–water partition coefficient (Wildman–Crippen LogP) is 3.20. The normalized spacial score (nSPS) is 11.1. The van der Waals surface area contributed by atoms with Crippen LogP contribution < -0.4 is 0 Å². The van der Waals surface area contributed by atoms with E-state index in [1.807, 2.05) is 12.3 Å². The molecule has 0 amide bonds. The minimum atomic E-state index is 0.887. The van der Waals surface area contributed by atoms with Gasteiger partial charge in [-0.2, -0.15) is 0 Å². The van der Waals surface area contributed by atoms with Crippen molar-refractivity contribution in [1.82, 2.24) is 9.97 Å². The molecule has 0 spiro atoms. The first-order chi connectivity index (χ1) is 7.27. The Morgan fingerprint density at radius 2 is 1.87 bits per heavy atom. The summed E-state index contributed by atoms with van der Waals surface area (Å²) in [7, 11) is 0. The van der Waals surface area contributed by atoms with E-state index in [4.69, 9.17) is 0 Å². The van der Waals surface area contributed by atoms with Gasteiger partial charge >= 0.3 is 0 Å². The lowest BCUT2D eigenvalue weighted by Crippen LogP contribution is -1.85. The van der Waals surface area contributed by atoms with Crippen LogP contribution in [0.1, 0.15) is 22.5 Å². The van der Waals surface area contributed by atoms with Crippen LogP contribution in [0.4, 0.5) is 0 Å².